The van der Waals surface area contributed by atoms with E-state index in [0.29, 0.717) is 60.7 Å². The zero-order valence-corrected chi connectivity index (χ0v) is 30.7. The van der Waals surface area contributed by atoms with Gasteiger partial charge in [0.2, 0.25) is 11.8 Å². The molecule has 274 valence electrons. The van der Waals surface area contributed by atoms with Crippen LogP contribution in [0.25, 0.3) is 39.0 Å². The Bertz CT molecular complexity index is 2200. The molecule has 2 aromatic heterocycles. The van der Waals surface area contributed by atoms with Crippen molar-refractivity contribution in [3.8, 4) is 45.5 Å². The number of benzene rings is 3. The maximum absolute atomic E-state index is 11.8. The predicted molar refractivity (Wildman–Crippen MR) is 201 cm³/mol. The fraction of sp³-hybridized carbons (Fsp3) is 0.350. The number of aliphatic carboxylic acids is 1. The number of hydrogen-bond donors (Lipinski definition) is 2. The number of amides is 1. The molecule has 1 amide bonds. The van der Waals surface area contributed by atoms with Crippen molar-refractivity contribution in [1.29, 1.82) is 0 Å². The number of ether oxygens (including phenoxy) is 3. The first-order valence-electron chi connectivity index (χ1n) is 17.7. The molecule has 5 heterocycles. The molecule has 1 spiro atoms. The van der Waals surface area contributed by atoms with Crippen LogP contribution in [0.1, 0.15) is 24.0 Å². The van der Waals surface area contributed by atoms with Gasteiger partial charge in [0.1, 0.15) is 11.5 Å². The molecule has 0 aliphatic carbocycles. The Morgan fingerprint density at radius 1 is 0.943 bits per heavy atom. The van der Waals surface area contributed by atoms with Gasteiger partial charge in [-0.15, -0.1) is 0 Å². The van der Waals surface area contributed by atoms with Crippen molar-refractivity contribution in [2.75, 3.05) is 54.1 Å². The normalized spacial score (nSPS) is 17.1. The smallest absolute Gasteiger partial charge is 0.303 e. The Kier molecular flexibility index (Phi) is 9.21. The van der Waals surface area contributed by atoms with E-state index in [1.807, 2.05) is 71.5 Å². The van der Waals surface area contributed by atoms with Crippen LogP contribution in [-0.2, 0) is 22.7 Å². The Morgan fingerprint density at radius 2 is 1.66 bits per heavy atom. The molecule has 3 fully saturated rings. The van der Waals surface area contributed by atoms with Crippen molar-refractivity contribution in [1.82, 2.24) is 29.9 Å². The molecule has 3 saturated heterocycles. The molecular formula is C40H41ClN6O6. The van der Waals surface area contributed by atoms with Crippen LogP contribution >= 0.6 is 11.6 Å². The van der Waals surface area contributed by atoms with Gasteiger partial charge in [-0.2, -0.15) is 5.10 Å². The van der Waals surface area contributed by atoms with Crippen LogP contribution in [0.2, 0.25) is 5.02 Å². The van der Waals surface area contributed by atoms with E-state index in [0.717, 1.165) is 64.0 Å². The minimum Gasteiger partial charge on any atom is -0.496 e. The molecule has 3 aliphatic heterocycles. The summed E-state index contributed by atoms with van der Waals surface area (Å²) in [6, 6.07) is 19.9. The second-order valence-electron chi connectivity index (χ2n) is 14.4. The van der Waals surface area contributed by atoms with Crippen LogP contribution in [0.15, 0.2) is 66.9 Å². The molecule has 0 saturated carbocycles. The lowest BCUT2D eigenvalue weighted by molar-refractivity contribution is -0.139. The third-order valence-electron chi connectivity index (χ3n) is 10.7. The number of carboxylic acid groups (broad SMARTS) is 1. The third kappa shape index (κ3) is 6.55. The van der Waals surface area contributed by atoms with Gasteiger partial charge in [-0.1, -0.05) is 48.0 Å². The topological polar surface area (TPSA) is 131 Å². The molecule has 13 heteroatoms. The van der Waals surface area contributed by atoms with Crippen molar-refractivity contribution in [2.45, 2.75) is 25.9 Å². The summed E-state index contributed by atoms with van der Waals surface area (Å²) in [5.41, 5.74) is 6.89. The van der Waals surface area contributed by atoms with Crippen LogP contribution < -0.4 is 19.5 Å². The lowest BCUT2D eigenvalue weighted by atomic mass is 9.79. The number of methoxy groups -OCH3 is 3. The average molecular weight is 737 g/mol. The van der Waals surface area contributed by atoms with E-state index in [2.05, 4.69) is 15.1 Å². The molecule has 3 aliphatic rings. The molecule has 12 nitrogen and oxygen atoms in total. The van der Waals surface area contributed by atoms with Crippen LogP contribution in [0.4, 0.5) is 0 Å². The van der Waals surface area contributed by atoms with Gasteiger partial charge in [0.15, 0.2) is 0 Å². The standard InChI is InChI=1S/C40H41ClN6O6/c1-51-34-13-26(14-35(52-2)31(34)20-45-17-24(18-45)12-37(49)50)47-33-9-5-6-27(30(33)16-43-47)28-7-4-8-29(38(28)41)32-11-10-25(39(44-32)53-3)19-46-22-40(23-46)15-36(48)42-21-40/h4-11,13-14,16,24H,12,15,17-23H2,1-3H3,(H,42,48)(H,49,50). The summed E-state index contributed by atoms with van der Waals surface area (Å²) in [4.78, 5) is 32.3. The predicted octanol–water partition coefficient (Wildman–Crippen LogP) is 5.66. The second kappa shape index (κ2) is 14.0. The van der Waals surface area contributed by atoms with Crippen LogP contribution in [-0.4, -0.2) is 95.6 Å². The average Bonchev–Trinajstić information content (AvgIpc) is 3.74. The van der Waals surface area contributed by atoms with Gasteiger partial charge in [0.05, 0.1) is 61.4 Å². The maximum Gasteiger partial charge on any atom is 0.303 e. The monoisotopic (exact) mass is 736 g/mol. The summed E-state index contributed by atoms with van der Waals surface area (Å²) in [5.74, 6) is 1.41. The minimum atomic E-state index is -0.767. The number of likely N-dealkylation sites (tertiary alicyclic amines) is 2. The fourth-order valence-electron chi connectivity index (χ4n) is 8.23. The highest BCUT2D eigenvalue weighted by Gasteiger charge is 2.48. The lowest BCUT2D eigenvalue weighted by Gasteiger charge is -2.47. The SMILES string of the molecule is COc1cc(-n2ncc3c(-c4cccc(-c5ccc(CN6CC7(CNC(=O)C7)C6)c(OC)n5)c4Cl)cccc32)cc(OC)c1CN1CC(CC(=O)O)C1. The molecule has 2 N–H and O–H groups in total. The summed E-state index contributed by atoms with van der Waals surface area (Å²) in [6.07, 6.45) is 2.62. The number of pyridine rings is 1. The first-order chi connectivity index (χ1) is 25.7. The van der Waals surface area contributed by atoms with Gasteiger partial charge >= 0.3 is 5.97 Å². The molecule has 5 aromatic rings. The van der Waals surface area contributed by atoms with E-state index >= 15 is 0 Å². The van der Waals surface area contributed by atoms with E-state index in [9.17, 15) is 9.59 Å². The number of fused-ring (bicyclic) bond motifs is 1. The largest absolute Gasteiger partial charge is 0.496 e. The Balaban J connectivity index is 1.06. The number of carbonyl (C=O) groups excluding carboxylic acids is 1. The van der Waals surface area contributed by atoms with Crippen LogP contribution in [0.5, 0.6) is 17.4 Å². The van der Waals surface area contributed by atoms with E-state index in [-0.39, 0.29) is 23.7 Å². The first kappa shape index (κ1) is 34.9. The minimum absolute atomic E-state index is 0.0560. The molecule has 0 unspecified atom stereocenters. The Labute approximate surface area is 312 Å². The highest BCUT2D eigenvalue weighted by molar-refractivity contribution is 6.36. The van der Waals surface area contributed by atoms with Gasteiger partial charge in [-0.3, -0.25) is 19.4 Å². The Morgan fingerprint density at radius 3 is 2.34 bits per heavy atom. The summed E-state index contributed by atoms with van der Waals surface area (Å²) >= 11 is 7.21. The van der Waals surface area contributed by atoms with Crippen molar-refractivity contribution in [3.63, 3.8) is 0 Å². The van der Waals surface area contributed by atoms with Gasteiger partial charge in [-0.05, 0) is 23.6 Å². The summed E-state index contributed by atoms with van der Waals surface area (Å²) in [7, 11) is 4.90. The van der Waals surface area contributed by atoms with E-state index in [4.69, 9.17) is 41.0 Å². The molecule has 8 rings (SSSR count). The number of nitrogens with zero attached hydrogens (tertiary/aromatic N) is 5. The quantitative estimate of drug-likeness (QED) is 0.165. The van der Waals surface area contributed by atoms with E-state index in [1.165, 1.54) is 0 Å². The fourth-order valence-corrected chi connectivity index (χ4v) is 8.55. The molecular weight excluding hydrogens is 696 g/mol. The number of aromatic nitrogens is 3. The summed E-state index contributed by atoms with van der Waals surface area (Å²) in [5, 5.41) is 18.4. The summed E-state index contributed by atoms with van der Waals surface area (Å²) in [6.45, 7) is 5.20. The highest BCUT2D eigenvalue weighted by atomic mass is 35.5. The van der Waals surface area contributed by atoms with Gasteiger partial charge in [0, 0.05) is 91.9 Å². The van der Waals surface area contributed by atoms with Crippen molar-refractivity contribution in [3.05, 3.63) is 83.0 Å². The number of nitrogens with one attached hydrogen (secondary N) is 1. The lowest BCUT2D eigenvalue weighted by Crippen LogP contribution is -2.56. The van der Waals surface area contributed by atoms with Crippen molar-refractivity contribution < 1.29 is 28.9 Å². The number of carboxylic acids is 1. The molecule has 53 heavy (non-hydrogen) atoms. The number of rotatable bonds is 12. The molecule has 3 aromatic carbocycles. The summed E-state index contributed by atoms with van der Waals surface area (Å²) < 4.78 is 19.3. The van der Waals surface area contributed by atoms with E-state index < -0.39 is 5.97 Å². The number of carbonyl (C=O) groups is 2. The molecule has 0 radical (unpaired) electrons. The van der Waals surface area contributed by atoms with Crippen LogP contribution in [0.3, 0.4) is 0 Å². The zero-order chi connectivity index (χ0) is 36.9. The number of hydrogen-bond acceptors (Lipinski definition) is 9. The highest BCUT2D eigenvalue weighted by Crippen LogP contribution is 2.42. The van der Waals surface area contributed by atoms with Gasteiger partial charge in [0.25, 0.3) is 0 Å². The van der Waals surface area contributed by atoms with Crippen molar-refractivity contribution >= 4 is 34.4 Å². The third-order valence-corrected chi connectivity index (χ3v) is 11.1. The maximum atomic E-state index is 11.8. The second-order valence-corrected chi connectivity index (χ2v) is 14.8. The van der Waals surface area contributed by atoms with Crippen LogP contribution in [0, 0.1) is 11.3 Å². The Hall–Kier alpha value is -5.17. The van der Waals surface area contributed by atoms with Crippen molar-refractivity contribution in [2.24, 2.45) is 11.3 Å². The molecule has 0 bridgehead atoms. The van der Waals surface area contributed by atoms with Gasteiger partial charge in [-0.25, -0.2) is 9.67 Å². The number of halogens is 1. The molecule has 0 atom stereocenters. The first-order valence-corrected chi connectivity index (χ1v) is 18.0. The van der Waals surface area contributed by atoms with Gasteiger partial charge < -0.3 is 24.6 Å². The van der Waals surface area contributed by atoms with E-state index in [1.54, 1.807) is 21.3 Å². The zero-order valence-electron chi connectivity index (χ0n) is 29.9.